The fourth-order valence-corrected chi connectivity index (χ4v) is 13.2. The van der Waals surface area contributed by atoms with Gasteiger partial charge in [-0.2, -0.15) is 0 Å². The zero-order valence-electron chi connectivity index (χ0n) is 45.1. The van der Waals surface area contributed by atoms with E-state index in [1.807, 2.05) is 52.0 Å². The number of rotatable bonds is 10. The van der Waals surface area contributed by atoms with Crippen LogP contribution < -0.4 is 4.74 Å². The van der Waals surface area contributed by atoms with Crippen LogP contribution in [0.15, 0.2) is 47.2 Å². The van der Waals surface area contributed by atoms with E-state index in [-0.39, 0.29) is 60.4 Å². The van der Waals surface area contributed by atoms with Crippen LogP contribution in [0.5, 0.6) is 5.75 Å². The number of hydrogen-bond donors (Lipinski definition) is 3. The SMILES string of the molecule is CC(C)[C@H]1CC[C@@H]2[C@H](O)C[C@@H](C(=O)O)N2C1=O.Cc1ccc2c(Cl)cc(-c3nc(C(C)C)cs3)nc2c1C.Cc1ccc2c(O[C@@H]3C[C@@H](C(=O)O)N4C(=O)[C@@H](C(C)C)CC[C@H]34)cc(-c3nc(C(C)C)cs3)nc2c1C. The molecule has 10 rings (SSSR count). The van der Waals surface area contributed by atoms with Crippen LogP contribution in [-0.4, -0.2) is 105 Å². The van der Waals surface area contributed by atoms with Crippen LogP contribution in [0.3, 0.4) is 0 Å². The molecule has 8 atom stereocenters. The van der Waals surface area contributed by atoms with E-state index < -0.39 is 36.2 Å². The summed E-state index contributed by atoms with van der Waals surface area (Å²) in [6.07, 6.45) is 2.30. The minimum absolute atomic E-state index is 0.0551. The van der Waals surface area contributed by atoms with E-state index in [0.717, 1.165) is 90.0 Å². The Hall–Kier alpha value is -5.55. The number of carbonyl (C=O) groups excluding carboxylic acids is 2. The van der Waals surface area contributed by atoms with E-state index in [4.69, 9.17) is 36.4 Å². The van der Waals surface area contributed by atoms with Gasteiger partial charge < -0.3 is 29.9 Å². The van der Waals surface area contributed by atoms with Crippen LogP contribution in [0.2, 0.25) is 5.02 Å². The number of aliphatic carboxylic acids is 2. The molecule has 0 spiro atoms. The molecule has 4 saturated heterocycles. The standard InChI is InChI=1S/C29H35N3O4S.C17H17ClN2S.C12H19NO4/c1-14(2)18-9-10-22-25(12-23(29(34)35)32(22)28(18)33)36-24-11-20(27-31-21(13-37-27)15(3)4)30-26-17(6)16(5)7-8-19(24)26;1-9(2)15-8-21-17(20-15)14-7-13(18)12-6-5-10(3)11(4)16(12)19-14;1-6(2)7-3-4-8-10(14)5-9(12(16)17)13(8)11(7)15/h7-8,11,13-15,18,22-23,25H,9-10,12H2,1-6H3,(H,34,35);5-9H,1-4H3;6-10,14H,3-5H2,1-2H3,(H,16,17)/t18-,22-,23+,25-;;7-,8-,9+,10-/m1.1/s1. The number of aryl methyl sites for hydroxylation is 4. The van der Waals surface area contributed by atoms with Gasteiger partial charge >= 0.3 is 11.9 Å². The van der Waals surface area contributed by atoms with Gasteiger partial charge in [0.2, 0.25) is 11.8 Å². The van der Waals surface area contributed by atoms with Gasteiger partial charge in [-0.3, -0.25) is 9.59 Å². The smallest absolute Gasteiger partial charge is 0.326 e. The lowest BCUT2D eigenvalue weighted by Crippen LogP contribution is -2.53. The number of ether oxygens (including phenoxy) is 1. The number of hydrogen-bond acceptors (Lipinski definition) is 12. The van der Waals surface area contributed by atoms with Crippen LogP contribution in [0.25, 0.3) is 43.2 Å². The van der Waals surface area contributed by atoms with Crippen LogP contribution in [0, 0.1) is 51.4 Å². The predicted molar refractivity (Wildman–Crippen MR) is 297 cm³/mol. The van der Waals surface area contributed by atoms with E-state index in [0.29, 0.717) is 24.0 Å². The van der Waals surface area contributed by atoms with Gasteiger partial charge in [-0.1, -0.05) is 85.2 Å². The van der Waals surface area contributed by atoms with Gasteiger partial charge in [-0.05, 0) is 111 Å². The van der Waals surface area contributed by atoms with Crippen molar-refractivity contribution in [3.63, 3.8) is 0 Å². The van der Waals surface area contributed by atoms with E-state index >= 15 is 0 Å². The number of nitrogens with zero attached hydrogens (tertiary/aromatic N) is 6. The molecule has 6 aromatic rings. The molecule has 400 valence electrons. The lowest BCUT2D eigenvalue weighted by molar-refractivity contribution is -0.155. The van der Waals surface area contributed by atoms with Gasteiger partial charge in [0.05, 0.1) is 45.6 Å². The molecule has 8 heterocycles. The molecule has 4 fully saturated rings. The number of thiazole rings is 2. The molecule has 4 aromatic heterocycles. The number of amides is 2. The van der Waals surface area contributed by atoms with Gasteiger partial charge in [0.15, 0.2) is 0 Å². The minimum Gasteiger partial charge on any atom is -0.487 e. The van der Waals surface area contributed by atoms with Gasteiger partial charge in [-0.15, -0.1) is 22.7 Å². The molecule has 0 bridgehead atoms. The molecule has 75 heavy (non-hydrogen) atoms. The van der Waals surface area contributed by atoms with Gasteiger partial charge in [0, 0.05) is 52.3 Å². The molecule has 14 nitrogen and oxygen atoms in total. The third-order valence-corrected chi connectivity index (χ3v) is 18.0. The number of aromatic nitrogens is 4. The molecule has 17 heteroatoms. The Kier molecular flexibility index (Phi) is 16.8. The summed E-state index contributed by atoms with van der Waals surface area (Å²) in [5.74, 6) is -0.566. The molecule has 4 aliphatic heterocycles. The quantitative estimate of drug-likeness (QED) is 0.118. The monoisotopic (exact) mass is 1080 g/mol. The number of benzene rings is 2. The van der Waals surface area contributed by atoms with Gasteiger partial charge in [0.25, 0.3) is 0 Å². The highest BCUT2D eigenvalue weighted by Crippen LogP contribution is 2.43. The maximum Gasteiger partial charge on any atom is 0.326 e. The summed E-state index contributed by atoms with van der Waals surface area (Å²) >= 11 is 9.64. The highest BCUT2D eigenvalue weighted by molar-refractivity contribution is 7.13. The van der Waals surface area contributed by atoms with E-state index in [1.54, 1.807) is 27.6 Å². The number of halogens is 1. The summed E-state index contributed by atoms with van der Waals surface area (Å²) in [6, 6.07) is 9.80. The van der Waals surface area contributed by atoms with Crippen molar-refractivity contribution in [2.24, 2.45) is 23.7 Å². The van der Waals surface area contributed by atoms with Crippen molar-refractivity contribution in [3.05, 3.63) is 85.8 Å². The highest BCUT2D eigenvalue weighted by Gasteiger charge is 2.53. The largest absolute Gasteiger partial charge is 0.487 e. The maximum absolute atomic E-state index is 13.3. The molecule has 0 radical (unpaired) electrons. The number of piperidine rings is 2. The topological polar surface area (TPSA) is 196 Å². The third-order valence-electron chi connectivity index (χ3n) is 15.9. The van der Waals surface area contributed by atoms with Crippen molar-refractivity contribution in [2.45, 2.75) is 170 Å². The normalized spacial score (nSPS) is 23.4. The summed E-state index contributed by atoms with van der Waals surface area (Å²) in [5, 5.41) is 37.5. The molecule has 3 N–H and O–H groups in total. The Morgan fingerprint density at radius 3 is 1.57 bits per heavy atom. The number of carbonyl (C=O) groups is 4. The first-order chi connectivity index (χ1) is 35.5. The molecule has 0 aliphatic carbocycles. The first-order valence-electron chi connectivity index (χ1n) is 26.3. The second kappa shape index (κ2) is 22.6. The zero-order valence-corrected chi connectivity index (χ0v) is 47.4. The average molecular weight is 1080 g/mol. The Labute approximate surface area is 452 Å². The number of pyridine rings is 2. The highest BCUT2D eigenvalue weighted by atomic mass is 35.5. The molecular formula is C58H71ClN6O8S2. The maximum atomic E-state index is 13.3. The second-order valence-corrected chi connectivity index (χ2v) is 24.3. The summed E-state index contributed by atoms with van der Waals surface area (Å²) < 4.78 is 6.67. The van der Waals surface area contributed by atoms with Gasteiger partial charge in [-0.25, -0.2) is 29.5 Å². The van der Waals surface area contributed by atoms with Crippen molar-refractivity contribution < 1.29 is 39.2 Å². The summed E-state index contributed by atoms with van der Waals surface area (Å²) in [7, 11) is 0. The second-order valence-electron chi connectivity index (χ2n) is 22.2. The average Bonchev–Trinajstić information content (AvgIpc) is 4.19. The molecule has 2 amide bonds. The summed E-state index contributed by atoms with van der Waals surface area (Å²) in [6.45, 7) is 24.9. The number of carboxylic acid groups (broad SMARTS) is 2. The van der Waals surface area contributed by atoms with Crippen LogP contribution >= 0.6 is 34.3 Å². The number of aliphatic hydroxyl groups excluding tert-OH is 1. The molecule has 4 aliphatic rings. The lowest BCUT2D eigenvalue weighted by atomic mass is 9.84. The zero-order chi connectivity index (χ0) is 54.5. The Bertz CT molecular complexity index is 3130. The van der Waals surface area contributed by atoms with Gasteiger partial charge in [0.1, 0.15) is 45.3 Å². The molecule has 0 saturated carbocycles. The minimum atomic E-state index is -1.01. The van der Waals surface area contributed by atoms with Crippen molar-refractivity contribution in [3.8, 4) is 27.2 Å². The third kappa shape index (κ3) is 11.2. The van der Waals surface area contributed by atoms with Crippen molar-refractivity contribution in [1.82, 2.24) is 29.7 Å². The predicted octanol–water partition coefficient (Wildman–Crippen LogP) is 12.2. The Morgan fingerprint density at radius 1 is 0.640 bits per heavy atom. The number of fused-ring (bicyclic) bond motifs is 4. The van der Waals surface area contributed by atoms with E-state index in [9.17, 15) is 29.4 Å². The van der Waals surface area contributed by atoms with E-state index in [2.05, 4.69) is 83.3 Å². The summed E-state index contributed by atoms with van der Waals surface area (Å²) in [4.78, 5) is 71.2. The van der Waals surface area contributed by atoms with Crippen LogP contribution in [-0.2, 0) is 19.2 Å². The fourth-order valence-electron chi connectivity index (χ4n) is 11.0. The number of aliphatic hydroxyl groups is 1. The Morgan fingerprint density at radius 2 is 1.09 bits per heavy atom. The lowest BCUT2D eigenvalue weighted by Gasteiger charge is -2.39. The van der Waals surface area contributed by atoms with Crippen LogP contribution in [0.1, 0.15) is 139 Å². The van der Waals surface area contributed by atoms with Crippen LogP contribution in [0.4, 0.5) is 0 Å². The molecular weight excluding hydrogens is 1010 g/mol. The Balaban J connectivity index is 0.000000165. The molecule has 0 unspecified atom stereocenters. The molecule has 2 aromatic carbocycles. The first kappa shape index (κ1) is 55.7. The summed E-state index contributed by atoms with van der Waals surface area (Å²) in [5.41, 5.74) is 10.2. The van der Waals surface area contributed by atoms with Crippen molar-refractivity contribution in [1.29, 1.82) is 0 Å². The number of carboxylic acids is 2. The van der Waals surface area contributed by atoms with Crippen molar-refractivity contribution >= 4 is 79.8 Å². The van der Waals surface area contributed by atoms with Crippen molar-refractivity contribution in [2.75, 3.05) is 0 Å². The first-order valence-corrected chi connectivity index (χ1v) is 28.4. The fraction of sp³-hybridized carbons (Fsp3) is 0.517. The van der Waals surface area contributed by atoms with E-state index in [1.165, 1.54) is 16.0 Å².